The molecule has 0 aromatic carbocycles. The van der Waals surface area contributed by atoms with E-state index in [1.807, 2.05) is 0 Å². The Morgan fingerprint density at radius 2 is 1.36 bits per heavy atom. The van der Waals surface area contributed by atoms with Gasteiger partial charge in [0.15, 0.2) is 24.5 Å². The van der Waals surface area contributed by atoms with E-state index in [4.69, 9.17) is 30.1 Å². The van der Waals surface area contributed by atoms with E-state index in [0.717, 1.165) is 27.7 Å². The molecule has 11 nitrogen and oxygen atoms in total. The average Bonchev–Trinajstić information content (AvgIpc) is 2.57. The Balaban J connectivity index is 3.33. The molecule has 1 heterocycles. The van der Waals surface area contributed by atoms with E-state index in [9.17, 15) is 24.0 Å². The molecule has 5 atom stereocenters. The van der Waals surface area contributed by atoms with E-state index < -0.39 is 67.0 Å². The van der Waals surface area contributed by atoms with Crippen LogP contribution in [0.15, 0.2) is 0 Å². The minimum Gasteiger partial charge on any atom is -0.463 e. The highest BCUT2D eigenvalue weighted by molar-refractivity contribution is 5.93. The highest BCUT2D eigenvalue weighted by Crippen LogP contribution is 2.28. The van der Waals surface area contributed by atoms with Crippen LogP contribution in [-0.2, 0) is 47.7 Å². The Kier molecular flexibility index (Phi) is 8.40. The van der Waals surface area contributed by atoms with Crippen molar-refractivity contribution < 1.29 is 47.7 Å². The van der Waals surface area contributed by atoms with Gasteiger partial charge < -0.3 is 29.0 Å². The minimum atomic E-state index is -1.39. The van der Waals surface area contributed by atoms with Gasteiger partial charge in [0.2, 0.25) is 0 Å². The molecule has 0 unspecified atom stereocenters. The first kappa shape index (κ1) is 22.9. The lowest BCUT2D eigenvalue weighted by molar-refractivity contribution is -0.256. The predicted molar refractivity (Wildman–Crippen MR) is 88.9 cm³/mol. The number of ether oxygens (including phenoxy) is 5. The molecule has 0 aromatic rings. The lowest BCUT2D eigenvalue weighted by atomic mass is 9.97. The maximum Gasteiger partial charge on any atom is 0.303 e. The SMILES string of the molecule is C#CC(=O)N[C@@H]1O[C@H](COC(C)=O)[C@@H](OC(C)=O)[C@H](OC(C)=O)[C@H]1OC(C)=O. The molecular weight excluding hydrogens is 378 g/mol. The second-order valence-electron chi connectivity index (χ2n) is 5.74. The number of terminal acetylenes is 1. The van der Waals surface area contributed by atoms with Gasteiger partial charge in [0, 0.05) is 27.7 Å². The van der Waals surface area contributed by atoms with Gasteiger partial charge in [-0.2, -0.15) is 0 Å². The zero-order chi connectivity index (χ0) is 21.4. The van der Waals surface area contributed by atoms with Crippen molar-refractivity contribution in [1.82, 2.24) is 5.32 Å². The first-order valence-electron chi connectivity index (χ1n) is 8.12. The van der Waals surface area contributed by atoms with Crippen LogP contribution >= 0.6 is 0 Å². The van der Waals surface area contributed by atoms with Gasteiger partial charge in [0.1, 0.15) is 12.7 Å². The van der Waals surface area contributed by atoms with Gasteiger partial charge in [-0.25, -0.2) is 0 Å². The van der Waals surface area contributed by atoms with Crippen LogP contribution in [0.3, 0.4) is 0 Å². The molecule has 1 aliphatic rings. The highest BCUT2D eigenvalue weighted by atomic mass is 16.7. The van der Waals surface area contributed by atoms with Crippen LogP contribution in [-0.4, -0.2) is 67.0 Å². The molecule has 1 aliphatic heterocycles. The molecule has 1 saturated heterocycles. The van der Waals surface area contributed by atoms with E-state index in [1.54, 1.807) is 5.92 Å². The predicted octanol–water partition coefficient (Wildman–Crippen LogP) is -1.18. The summed E-state index contributed by atoms with van der Waals surface area (Å²) in [5.74, 6) is -2.08. The molecule has 0 aromatic heterocycles. The largest absolute Gasteiger partial charge is 0.463 e. The topological polar surface area (TPSA) is 144 Å². The number of hydrogen-bond donors (Lipinski definition) is 1. The van der Waals surface area contributed by atoms with Gasteiger partial charge in [-0.1, -0.05) is 0 Å². The zero-order valence-corrected chi connectivity index (χ0v) is 15.8. The van der Waals surface area contributed by atoms with Crippen molar-refractivity contribution in [3.05, 3.63) is 0 Å². The number of carbonyl (C=O) groups is 5. The van der Waals surface area contributed by atoms with Gasteiger partial charge in [0.25, 0.3) is 5.91 Å². The fourth-order valence-electron chi connectivity index (χ4n) is 2.52. The standard InChI is InChI=1S/C17H21NO10/c1-6-13(23)18-17-16(27-11(5)22)15(26-10(4)21)14(25-9(3)20)12(28-17)7-24-8(2)19/h1,12,14-17H,7H2,2-5H3,(H,18,23)/t12-,14-,15+,16-,17-/m1/s1. The van der Waals surface area contributed by atoms with E-state index in [2.05, 4.69) is 5.32 Å². The van der Waals surface area contributed by atoms with Crippen LogP contribution in [0.25, 0.3) is 0 Å². The van der Waals surface area contributed by atoms with Crippen LogP contribution in [0.2, 0.25) is 0 Å². The summed E-state index contributed by atoms with van der Waals surface area (Å²) in [4.78, 5) is 57.4. The molecule has 1 rings (SSSR count). The summed E-state index contributed by atoms with van der Waals surface area (Å²) < 4.78 is 26.0. The Hall–Kier alpha value is -3.13. The summed E-state index contributed by atoms with van der Waals surface area (Å²) in [6, 6.07) is 0. The second kappa shape index (κ2) is 10.3. The molecule has 0 saturated carbocycles. The number of hydrogen-bond acceptors (Lipinski definition) is 10. The first-order valence-corrected chi connectivity index (χ1v) is 8.12. The monoisotopic (exact) mass is 399 g/mol. The third-order valence-corrected chi connectivity index (χ3v) is 3.40. The van der Waals surface area contributed by atoms with Crippen LogP contribution in [0.5, 0.6) is 0 Å². The number of esters is 4. The minimum absolute atomic E-state index is 0.403. The summed E-state index contributed by atoms with van der Waals surface area (Å²) in [6.45, 7) is 4.01. The van der Waals surface area contributed by atoms with E-state index >= 15 is 0 Å². The smallest absolute Gasteiger partial charge is 0.303 e. The number of amides is 1. The normalized spacial score (nSPS) is 26.2. The van der Waals surface area contributed by atoms with Crippen molar-refractivity contribution in [3.63, 3.8) is 0 Å². The van der Waals surface area contributed by atoms with Gasteiger partial charge in [0.05, 0.1) is 0 Å². The summed E-state index contributed by atoms with van der Waals surface area (Å²) in [7, 11) is 0. The molecule has 1 N–H and O–H groups in total. The number of rotatable bonds is 6. The van der Waals surface area contributed by atoms with Crippen LogP contribution in [0.4, 0.5) is 0 Å². The lowest BCUT2D eigenvalue weighted by Gasteiger charge is -2.44. The van der Waals surface area contributed by atoms with Crippen LogP contribution < -0.4 is 5.32 Å². The second-order valence-corrected chi connectivity index (χ2v) is 5.74. The van der Waals surface area contributed by atoms with Crippen molar-refractivity contribution in [1.29, 1.82) is 0 Å². The Bertz CT molecular complexity index is 682. The van der Waals surface area contributed by atoms with E-state index in [0.29, 0.717) is 0 Å². The summed E-state index contributed by atoms with van der Waals surface area (Å²) in [5, 5.41) is 2.27. The third-order valence-electron chi connectivity index (χ3n) is 3.40. The molecule has 1 fully saturated rings. The average molecular weight is 399 g/mol. The maximum absolute atomic E-state index is 11.6. The van der Waals surface area contributed by atoms with Crippen molar-refractivity contribution >= 4 is 29.8 Å². The van der Waals surface area contributed by atoms with Crippen molar-refractivity contribution in [3.8, 4) is 12.3 Å². The van der Waals surface area contributed by atoms with Gasteiger partial charge in [-0.05, 0) is 5.92 Å². The molecule has 28 heavy (non-hydrogen) atoms. The molecular formula is C17H21NO10. The van der Waals surface area contributed by atoms with Crippen molar-refractivity contribution in [2.24, 2.45) is 0 Å². The summed E-state index contributed by atoms with van der Waals surface area (Å²) in [6.07, 6.45) is -1.57. The molecule has 0 bridgehead atoms. The Morgan fingerprint density at radius 3 is 1.82 bits per heavy atom. The van der Waals surface area contributed by atoms with Gasteiger partial charge >= 0.3 is 23.9 Å². The number of carbonyl (C=O) groups excluding carboxylic acids is 5. The van der Waals surface area contributed by atoms with Gasteiger partial charge in [-0.3, -0.25) is 24.0 Å². The highest BCUT2D eigenvalue weighted by Gasteiger charge is 2.52. The molecule has 0 radical (unpaired) electrons. The first-order chi connectivity index (χ1) is 13.0. The fraction of sp³-hybridized carbons (Fsp3) is 0.588. The Labute approximate surface area is 160 Å². The van der Waals surface area contributed by atoms with Crippen LogP contribution in [0, 0.1) is 12.3 Å². The molecule has 154 valence electrons. The van der Waals surface area contributed by atoms with E-state index in [1.165, 1.54) is 0 Å². The molecule has 11 heteroatoms. The van der Waals surface area contributed by atoms with Crippen molar-refractivity contribution in [2.75, 3.05) is 6.61 Å². The van der Waals surface area contributed by atoms with Crippen molar-refractivity contribution in [2.45, 2.75) is 58.3 Å². The molecule has 0 aliphatic carbocycles. The number of nitrogens with one attached hydrogen (secondary N) is 1. The van der Waals surface area contributed by atoms with Crippen LogP contribution in [0.1, 0.15) is 27.7 Å². The summed E-state index contributed by atoms with van der Waals surface area (Å²) >= 11 is 0. The van der Waals surface area contributed by atoms with Gasteiger partial charge in [-0.15, -0.1) is 6.42 Å². The lowest BCUT2D eigenvalue weighted by Crippen LogP contribution is -2.66. The Morgan fingerprint density at radius 1 is 0.857 bits per heavy atom. The zero-order valence-electron chi connectivity index (χ0n) is 15.8. The fourth-order valence-corrected chi connectivity index (χ4v) is 2.52. The van der Waals surface area contributed by atoms with E-state index in [-0.39, 0.29) is 0 Å². The third kappa shape index (κ3) is 6.88. The summed E-state index contributed by atoms with van der Waals surface area (Å²) in [5.41, 5.74) is 0. The molecule has 0 spiro atoms. The quantitative estimate of drug-likeness (QED) is 0.329. The maximum atomic E-state index is 11.6. The molecule has 1 amide bonds.